The molecule has 1 amide bonds. The van der Waals surface area contributed by atoms with E-state index in [2.05, 4.69) is 34.7 Å². The molecule has 1 saturated heterocycles. The van der Waals surface area contributed by atoms with Crippen LogP contribution in [0.15, 0.2) is 4.99 Å². The third-order valence-electron chi connectivity index (χ3n) is 5.56. The van der Waals surface area contributed by atoms with Crippen LogP contribution in [-0.2, 0) is 9.53 Å². The number of ether oxygens (including phenoxy) is 1. The van der Waals surface area contributed by atoms with Gasteiger partial charge in [0, 0.05) is 44.7 Å². The molecule has 0 aromatic carbocycles. The zero-order valence-electron chi connectivity index (χ0n) is 17.7. The standard InChI is InChI=1S/C20H39N5O2.HI/c1-3-11-22-18(26)8-12-23-19(21-4-2)24-17-20(9-6-5-7-10-20)25-13-15-27-16-14-25;/h3-17H2,1-2H3,(H,22,26)(H2,21,23,24);1H. The summed E-state index contributed by atoms with van der Waals surface area (Å²) in [5.74, 6) is 0.913. The Balaban J connectivity index is 0.00000392. The minimum atomic E-state index is 0. The Morgan fingerprint density at radius 2 is 1.75 bits per heavy atom. The smallest absolute Gasteiger partial charge is 0.221 e. The van der Waals surface area contributed by atoms with Crippen LogP contribution < -0.4 is 16.0 Å². The molecule has 0 aromatic heterocycles. The predicted octanol–water partition coefficient (Wildman–Crippen LogP) is 2.11. The summed E-state index contributed by atoms with van der Waals surface area (Å²) in [6.45, 7) is 10.8. The fourth-order valence-electron chi connectivity index (χ4n) is 4.04. The van der Waals surface area contributed by atoms with Gasteiger partial charge in [-0.2, -0.15) is 0 Å². The second kappa shape index (κ2) is 14.4. The number of hydrogen-bond acceptors (Lipinski definition) is 4. The van der Waals surface area contributed by atoms with Crippen molar-refractivity contribution in [3.63, 3.8) is 0 Å². The van der Waals surface area contributed by atoms with Crippen molar-refractivity contribution in [1.29, 1.82) is 0 Å². The Bertz CT molecular complexity index is 464. The second-order valence-electron chi connectivity index (χ2n) is 7.61. The third-order valence-corrected chi connectivity index (χ3v) is 5.56. The van der Waals surface area contributed by atoms with Gasteiger partial charge in [-0.3, -0.25) is 14.7 Å². The van der Waals surface area contributed by atoms with E-state index in [1.807, 2.05) is 0 Å². The summed E-state index contributed by atoms with van der Waals surface area (Å²) >= 11 is 0. The first-order valence-corrected chi connectivity index (χ1v) is 10.8. The van der Waals surface area contributed by atoms with Crippen LogP contribution in [0.2, 0.25) is 0 Å². The van der Waals surface area contributed by atoms with Gasteiger partial charge in [-0.15, -0.1) is 24.0 Å². The van der Waals surface area contributed by atoms with Crippen molar-refractivity contribution in [3.05, 3.63) is 0 Å². The minimum absolute atomic E-state index is 0. The number of guanidine groups is 1. The van der Waals surface area contributed by atoms with E-state index < -0.39 is 0 Å². The molecule has 2 rings (SSSR count). The van der Waals surface area contributed by atoms with Crippen LogP contribution in [0.1, 0.15) is 58.8 Å². The molecule has 1 aliphatic heterocycles. The van der Waals surface area contributed by atoms with Crippen molar-refractivity contribution in [2.24, 2.45) is 4.99 Å². The van der Waals surface area contributed by atoms with E-state index in [0.717, 1.165) is 58.3 Å². The van der Waals surface area contributed by atoms with E-state index >= 15 is 0 Å². The monoisotopic (exact) mass is 509 g/mol. The van der Waals surface area contributed by atoms with Gasteiger partial charge in [-0.25, -0.2) is 0 Å². The molecule has 2 aliphatic rings. The number of hydrogen-bond donors (Lipinski definition) is 3. The molecule has 0 atom stereocenters. The molecule has 1 aliphatic carbocycles. The Morgan fingerprint density at radius 3 is 2.39 bits per heavy atom. The zero-order chi connectivity index (χ0) is 19.4. The maximum absolute atomic E-state index is 11.8. The van der Waals surface area contributed by atoms with E-state index in [4.69, 9.17) is 9.73 Å². The van der Waals surface area contributed by atoms with Crippen molar-refractivity contribution in [2.45, 2.75) is 64.3 Å². The zero-order valence-corrected chi connectivity index (χ0v) is 20.1. The number of aliphatic imine (C=N–C) groups is 1. The molecule has 2 fully saturated rings. The summed E-state index contributed by atoms with van der Waals surface area (Å²) in [5, 5.41) is 9.56. The molecule has 0 radical (unpaired) electrons. The lowest BCUT2D eigenvalue weighted by atomic mass is 9.80. The van der Waals surface area contributed by atoms with E-state index in [1.54, 1.807) is 0 Å². The molecule has 0 aromatic rings. The van der Waals surface area contributed by atoms with E-state index in [-0.39, 0.29) is 35.4 Å². The fraction of sp³-hybridized carbons (Fsp3) is 0.900. The molecule has 164 valence electrons. The molecule has 1 saturated carbocycles. The highest BCUT2D eigenvalue weighted by atomic mass is 127. The average Bonchev–Trinajstić information content (AvgIpc) is 2.72. The SMILES string of the molecule is CCCNC(=O)CCNC(=NCC1(N2CCOCC2)CCCCC1)NCC.I. The highest BCUT2D eigenvalue weighted by Gasteiger charge is 2.38. The van der Waals surface area contributed by atoms with E-state index in [1.165, 1.54) is 32.1 Å². The van der Waals surface area contributed by atoms with Crippen LogP contribution in [0.5, 0.6) is 0 Å². The molecule has 0 unspecified atom stereocenters. The number of carbonyl (C=O) groups excluding carboxylic acids is 1. The lowest BCUT2D eigenvalue weighted by Gasteiger charge is -2.47. The molecule has 3 N–H and O–H groups in total. The van der Waals surface area contributed by atoms with Gasteiger partial charge in [-0.1, -0.05) is 26.2 Å². The first-order valence-electron chi connectivity index (χ1n) is 10.8. The van der Waals surface area contributed by atoms with Crippen LogP contribution in [0.25, 0.3) is 0 Å². The molecule has 28 heavy (non-hydrogen) atoms. The lowest BCUT2D eigenvalue weighted by molar-refractivity contribution is -0.120. The normalized spacial score (nSPS) is 20.1. The number of rotatable bonds is 9. The number of amides is 1. The third kappa shape index (κ3) is 8.41. The van der Waals surface area contributed by atoms with Gasteiger partial charge in [0.15, 0.2) is 5.96 Å². The summed E-state index contributed by atoms with van der Waals surface area (Å²) in [6.07, 6.45) is 7.78. The Labute approximate surface area is 187 Å². The van der Waals surface area contributed by atoms with Crippen molar-refractivity contribution in [1.82, 2.24) is 20.9 Å². The summed E-state index contributed by atoms with van der Waals surface area (Å²) < 4.78 is 5.56. The van der Waals surface area contributed by atoms with Gasteiger partial charge >= 0.3 is 0 Å². The summed E-state index contributed by atoms with van der Waals surface area (Å²) in [4.78, 5) is 19.3. The van der Waals surface area contributed by atoms with Crippen molar-refractivity contribution in [3.8, 4) is 0 Å². The van der Waals surface area contributed by atoms with Gasteiger partial charge < -0.3 is 20.7 Å². The predicted molar refractivity (Wildman–Crippen MR) is 126 cm³/mol. The fourth-order valence-corrected chi connectivity index (χ4v) is 4.04. The molecule has 8 heteroatoms. The number of nitrogens with zero attached hydrogens (tertiary/aromatic N) is 2. The van der Waals surface area contributed by atoms with Gasteiger partial charge in [0.1, 0.15) is 0 Å². The number of halogens is 1. The maximum atomic E-state index is 11.8. The first-order chi connectivity index (χ1) is 13.2. The lowest BCUT2D eigenvalue weighted by Crippen LogP contribution is -2.56. The summed E-state index contributed by atoms with van der Waals surface area (Å²) in [7, 11) is 0. The molecule has 0 bridgehead atoms. The molecular weight excluding hydrogens is 469 g/mol. The summed E-state index contributed by atoms with van der Waals surface area (Å²) in [5.41, 5.74) is 0.170. The van der Waals surface area contributed by atoms with Crippen LogP contribution >= 0.6 is 24.0 Å². The van der Waals surface area contributed by atoms with Gasteiger partial charge in [0.05, 0.1) is 19.8 Å². The number of carbonyl (C=O) groups is 1. The topological polar surface area (TPSA) is 78.0 Å². The molecular formula is C20H40IN5O2. The van der Waals surface area contributed by atoms with Crippen LogP contribution in [0.3, 0.4) is 0 Å². The van der Waals surface area contributed by atoms with Crippen molar-refractivity contribution >= 4 is 35.8 Å². The van der Waals surface area contributed by atoms with Gasteiger partial charge in [0.25, 0.3) is 0 Å². The van der Waals surface area contributed by atoms with Crippen molar-refractivity contribution < 1.29 is 9.53 Å². The average molecular weight is 509 g/mol. The van der Waals surface area contributed by atoms with Crippen LogP contribution in [-0.4, -0.2) is 74.8 Å². The Morgan fingerprint density at radius 1 is 1.04 bits per heavy atom. The largest absolute Gasteiger partial charge is 0.379 e. The quantitative estimate of drug-likeness (QED) is 0.252. The highest BCUT2D eigenvalue weighted by molar-refractivity contribution is 14.0. The molecule has 1 heterocycles. The Hall–Kier alpha value is -0.610. The maximum Gasteiger partial charge on any atom is 0.221 e. The molecule has 7 nitrogen and oxygen atoms in total. The van der Waals surface area contributed by atoms with Gasteiger partial charge in [-0.05, 0) is 26.2 Å². The first kappa shape index (κ1) is 25.4. The van der Waals surface area contributed by atoms with Crippen molar-refractivity contribution in [2.75, 3.05) is 52.5 Å². The summed E-state index contributed by atoms with van der Waals surface area (Å²) in [6, 6.07) is 0. The highest BCUT2D eigenvalue weighted by Crippen LogP contribution is 2.34. The second-order valence-corrected chi connectivity index (χ2v) is 7.61. The number of nitrogens with one attached hydrogen (secondary N) is 3. The van der Waals surface area contributed by atoms with E-state index in [0.29, 0.717) is 13.0 Å². The van der Waals surface area contributed by atoms with Gasteiger partial charge in [0.2, 0.25) is 5.91 Å². The van der Waals surface area contributed by atoms with E-state index in [9.17, 15) is 4.79 Å². The Kier molecular flexibility index (Phi) is 13.1. The molecule has 0 spiro atoms. The van der Waals surface area contributed by atoms with Crippen LogP contribution in [0, 0.1) is 0 Å². The number of morpholine rings is 1. The van der Waals surface area contributed by atoms with Crippen LogP contribution in [0.4, 0.5) is 0 Å². The minimum Gasteiger partial charge on any atom is -0.379 e.